The van der Waals surface area contributed by atoms with Gasteiger partial charge in [0.2, 0.25) is 5.91 Å². The summed E-state index contributed by atoms with van der Waals surface area (Å²) in [5.74, 6) is -0.728. The van der Waals surface area contributed by atoms with Crippen molar-refractivity contribution in [2.45, 2.75) is 57.4 Å². The van der Waals surface area contributed by atoms with Gasteiger partial charge in [-0.3, -0.25) is 9.59 Å². The number of carbonyl (C=O) groups excluding carboxylic acids is 2. The molecule has 1 saturated heterocycles. The van der Waals surface area contributed by atoms with Crippen LogP contribution >= 0.6 is 0 Å². The van der Waals surface area contributed by atoms with Crippen LogP contribution in [0.4, 0.5) is 0 Å². The third kappa shape index (κ3) is 3.95. The van der Waals surface area contributed by atoms with E-state index in [0.717, 1.165) is 11.1 Å². The molecule has 2 amide bonds. The number of nitrogens with one attached hydrogen (secondary N) is 1. The molecule has 0 spiro atoms. The van der Waals surface area contributed by atoms with Crippen LogP contribution in [0, 0.1) is 13.8 Å². The van der Waals surface area contributed by atoms with Gasteiger partial charge >= 0.3 is 0 Å². The van der Waals surface area contributed by atoms with Gasteiger partial charge < -0.3 is 4.90 Å². The molecular formula is C17H24N2O4S. The third-order valence-corrected chi connectivity index (χ3v) is 5.71. The van der Waals surface area contributed by atoms with Crippen LogP contribution in [0.3, 0.4) is 0 Å². The summed E-state index contributed by atoms with van der Waals surface area (Å²) in [6.45, 7) is 6.10. The first-order valence-corrected chi connectivity index (χ1v) is 9.68. The lowest BCUT2D eigenvalue weighted by molar-refractivity contribution is -0.137. The molecule has 1 unspecified atom stereocenters. The number of aryl methyl sites for hydroxylation is 2. The number of sulfonamides is 1. The average Bonchev–Trinajstić information content (AvgIpc) is 2.99. The van der Waals surface area contributed by atoms with E-state index in [1.165, 1.54) is 11.0 Å². The van der Waals surface area contributed by atoms with Crippen molar-refractivity contribution in [1.29, 1.82) is 0 Å². The van der Waals surface area contributed by atoms with Crippen LogP contribution in [0.1, 0.15) is 43.7 Å². The molecule has 0 bridgehead atoms. The van der Waals surface area contributed by atoms with E-state index in [9.17, 15) is 18.0 Å². The molecule has 24 heavy (non-hydrogen) atoms. The van der Waals surface area contributed by atoms with Gasteiger partial charge in [-0.05, 0) is 56.4 Å². The van der Waals surface area contributed by atoms with E-state index < -0.39 is 22.0 Å². The minimum absolute atomic E-state index is 0.0587. The molecule has 1 aromatic carbocycles. The Morgan fingerprint density at radius 1 is 1.25 bits per heavy atom. The van der Waals surface area contributed by atoms with E-state index in [-0.39, 0.29) is 10.8 Å². The Hall–Kier alpha value is -1.89. The van der Waals surface area contributed by atoms with Crippen LogP contribution in [0.15, 0.2) is 23.1 Å². The average molecular weight is 352 g/mol. The van der Waals surface area contributed by atoms with E-state index in [4.69, 9.17) is 0 Å². The van der Waals surface area contributed by atoms with Crippen molar-refractivity contribution >= 4 is 21.8 Å². The number of rotatable bonds is 5. The van der Waals surface area contributed by atoms with Gasteiger partial charge in [-0.1, -0.05) is 13.0 Å². The summed E-state index contributed by atoms with van der Waals surface area (Å²) in [5, 5.41) is 0. The number of benzene rings is 1. The van der Waals surface area contributed by atoms with Gasteiger partial charge in [-0.15, -0.1) is 0 Å². The Balaban J connectivity index is 2.15. The van der Waals surface area contributed by atoms with Gasteiger partial charge in [0.25, 0.3) is 15.9 Å². The number of amides is 2. The van der Waals surface area contributed by atoms with Gasteiger partial charge in [0, 0.05) is 13.0 Å². The van der Waals surface area contributed by atoms with Crippen molar-refractivity contribution in [3.8, 4) is 0 Å². The summed E-state index contributed by atoms with van der Waals surface area (Å²) < 4.78 is 27.0. The standard InChI is InChI=1S/C17H24N2O4S/c1-4-6-16(20)19-10-5-7-15(19)17(21)18-24(22,23)14-9-8-12(2)13(3)11-14/h8-9,11,15H,4-7,10H2,1-3H3,(H,18,21). The molecule has 7 heteroatoms. The molecule has 1 aliphatic heterocycles. The Bertz CT molecular complexity index is 743. The minimum Gasteiger partial charge on any atom is -0.331 e. The molecule has 0 saturated carbocycles. The molecule has 1 atom stereocenters. The second kappa shape index (κ2) is 7.34. The first-order valence-electron chi connectivity index (χ1n) is 8.19. The van der Waals surface area contributed by atoms with Crippen LogP contribution in [0.5, 0.6) is 0 Å². The van der Waals surface area contributed by atoms with Crippen molar-refractivity contribution in [1.82, 2.24) is 9.62 Å². The zero-order chi connectivity index (χ0) is 17.9. The maximum absolute atomic E-state index is 12.4. The summed E-state index contributed by atoms with van der Waals surface area (Å²) in [6.07, 6.45) is 2.26. The van der Waals surface area contributed by atoms with Crippen LogP contribution < -0.4 is 4.72 Å². The number of carbonyl (C=O) groups is 2. The number of hydrogen-bond donors (Lipinski definition) is 1. The molecular weight excluding hydrogens is 328 g/mol. The van der Waals surface area contributed by atoms with Crippen molar-refractivity contribution < 1.29 is 18.0 Å². The fraction of sp³-hybridized carbons (Fsp3) is 0.529. The predicted molar refractivity (Wildman–Crippen MR) is 90.9 cm³/mol. The monoisotopic (exact) mass is 352 g/mol. The van der Waals surface area contributed by atoms with Crippen LogP contribution in [0.25, 0.3) is 0 Å². The molecule has 1 aliphatic rings. The second-order valence-electron chi connectivity index (χ2n) is 6.21. The molecule has 0 aliphatic carbocycles. The molecule has 1 fully saturated rings. The quantitative estimate of drug-likeness (QED) is 0.877. The lowest BCUT2D eigenvalue weighted by Gasteiger charge is -2.23. The van der Waals surface area contributed by atoms with E-state index in [0.29, 0.717) is 32.2 Å². The summed E-state index contributed by atoms with van der Waals surface area (Å²) in [6, 6.07) is 4.03. The van der Waals surface area contributed by atoms with Gasteiger partial charge in [-0.25, -0.2) is 13.1 Å². The molecule has 0 aromatic heterocycles. The summed E-state index contributed by atoms with van der Waals surface area (Å²) in [5.41, 5.74) is 1.82. The van der Waals surface area contributed by atoms with Crippen LogP contribution in [0.2, 0.25) is 0 Å². The molecule has 1 aromatic rings. The van der Waals surface area contributed by atoms with Gasteiger partial charge in [0.05, 0.1) is 4.90 Å². The predicted octanol–water partition coefficient (Wildman–Crippen LogP) is 1.90. The summed E-state index contributed by atoms with van der Waals surface area (Å²) in [4.78, 5) is 26.0. The largest absolute Gasteiger partial charge is 0.331 e. The zero-order valence-corrected chi connectivity index (χ0v) is 15.1. The highest BCUT2D eigenvalue weighted by Crippen LogP contribution is 2.20. The lowest BCUT2D eigenvalue weighted by Crippen LogP contribution is -2.47. The Kier molecular flexibility index (Phi) is 5.64. The highest BCUT2D eigenvalue weighted by Gasteiger charge is 2.35. The number of nitrogens with zero attached hydrogens (tertiary/aromatic N) is 1. The van der Waals surface area contributed by atoms with E-state index in [1.807, 2.05) is 20.8 Å². The molecule has 132 valence electrons. The van der Waals surface area contributed by atoms with E-state index in [1.54, 1.807) is 12.1 Å². The van der Waals surface area contributed by atoms with Gasteiger partial charge in [0.15, 0.2) is 0 Å². The lowest BCUT2D eigenvalue weighted by atomic mass is 10.1. The maximum atomic E-state index is 12.4. The van der Waals surface area contributed by atoms with Crippen molar-refractivity contribution in [2.24, 2.45) is 0 Å². The Labute approximate surface area is 143 Å². The SMILES string of the molecule is CCCC(=O)N1CCCC1C(=O)NS(=O)(=O)c1ccc(C)c(C)c1. The highest BCUT2D eigenvalue weighted by molar-refractivity contribution is 7.90. The van der Waals surface area contributed by atoms with E-state index in [2.05, 4.69) is 4.72 Å². The smallest absolute Gasteiger partial charge is 0.264 e. The minimum atomic E-state index is -3.94. The molecule has 1 N–H and O–H groups in total. The van der Waals surface area contributed by atoms with Crippen molar-refractivity contribution in [3.63, 3.8) is 0 Å². The zero-order valence-electron chi connectivity index (χ0n) is 14.3. The fourth-order valence-corrected chi connectivity index (χ4v) is 3.93. The van der Waals surface area contributed by atoms with Crippen molar-refractivity contribution in [3.05, 3.63) is 29.3 Å². The second-order valence-corrected chi connectivity index (χ2v) is 7.89. The van der Waals surface area contributed by atoms with Crippen LogP contribution in [-0.4, -0.2) is 37.7 Å². The van der Waals surface area contributed by atoms with Gasteiger partial charge in [0.1, 0.15) is 6.04 Å². The fourth-order valence-electron chi connectivity index (χ4n) is 2.84. The first kappa shape index (κ1) is 18.4. The summed E-state index contributed by atoms with van der Waals surface area (Å²) in [7, 11) is -3.94. The number of hydrogen-bond acceptors (Lipinski definition) is 4. The van der Waals surface area contributed by atoms with E-state index >= 15 is 0 Å². The molecule has 1 heterocycles. The molecule has 6 nitrogen and oxygen atoms in total. The highest BCUT2D eigenvalue weighted by atomic mass is 32.2. The normalized spacial score (nSPS) is 17.8. The topological polar surface area (TPSA) is 83.6 Å². The third-order valence-electron chi connectivity index (χ3n) is 4.36. The first-order chi connectivity index (χ1) is 11.3. The van der Waals surface area contributed by atoms with Crippen LogP contribution in [-0.2, 0) is 19.6 Å². The summed E-state index contributed by atoms with van der Waals surface area (Å²) >= 11 is 0. The van der Waals surface area contributed by atoms with Crippen molar-refractivity contribution in [2.75, 3.05) is 6.54 Å². The molecule has 2 rings (SSSR count). The van der Waals surface area contributed by atoms with Gasteiger partial charge in [-0.2, -0.15) is 0 Å². The Morgan fingerprint density at radius 2 is 1.96 bits per heavy atom. The Morgan fingerprint density at radius 3 is 2.58 bits per heavy atom. The number of likely N-dealkylation sites (tertiary alicyclic amines) is 1. The maximum Gasteiger partial charge on any atom is 0.264 e. The molecule has 0 radical (unpaired) electrons.